The van der Waals surface area contributed by atoms with Gasteiger partial charge in [0.25, 0.3) is 5.91 Å². The Balaban J connectivity index is 2.07. The lowest BCUT2D eigenvalue weighted by atomic mass is 10.1. The first-order valence-electron chi connectivity index (χ1n) is 5.97. The van der Waals surface area contributed by atoms with Crippen molar-refractivity contribution < 1.29 is 24.2 Å². The molecule has 1 saturated heterocycles. The number of phenolic OH excluding ortho intramolecular Hbond substituents is 1. The fourth-order valence-electron chi connectivity index (χ4n) is 2.28. The van der Waals surface area contributed by atoms with Gasteiger partial charge in [0.05, 0.1) is 5.56 Å². The molecule has 1 heterocycles. The first kappa shape index (κ1) is 13.3. The fraction of sp³-hybridized carbons (Fsp3) is 0.385. The summed E-state index contributed by atoms with van der Waals surface area (Å²) in [5.74, 6) is -2.45. The van der Waals surface area contributed by atoms with Gasteiger partial charge < -0.3 is 15.1 Å². The highest BCUT2D eigenvalue weighted by molar-refractivity contribution is 5.94. The Morgan fingerprint density at radius 3 is 2.79 bits per heavy atom. The number of likely N-dealkylation sites (tertiary alicyclic amines) is 1. The number of phenols is 1. The van der Waals surface area contributed by atoms with Gasteiger partial charge in [-0.15, -0.1) is 0 Å². The predicted octanol–water partition coefficient (Wildman–Crippen LogP) is 1.47. The smallest absolute Gasteiger partial charge is 0.303 e. The van der Waals surface area contributed by atoms with Gasteiger partial charge >= 0.3 is 5.97 Å². The third-order valence-corrected chi connectivity index (χ3v) is 3.22. The third kappa shape index (κ3) is 3.01. The van der Waals surface area contributed by atoms with Crippen LogP contribution in [0.2, 0.25) is 0 Å². The van der Waals surface area contributed by atoms with Crippen molar-refractivity contribution in [1.82, 2.24) is 4.90 Å². The van der Waals surface area contributed by atoms with Crippen molar-refractivity contribution in [2.45, 2.75) is 12.8 Å². The summed E-state index contributed by atoms with van der Waals surface area (Å²) in [7, 11) is 0. The zero-order valence-corrected chi connectivity index (χ0v) is 10.2. The van der Waals surface area contributed by atoms with E-state index >= 15 is 0 Å². The highest BCUT2D eigenvalue weighted by atomic mass is 19.1. The van der Waals surface area contributed by atoms with E-state index in [2.05, 4.69) is 0 Å². The minimum atomic E-state index is -0.893. The normalized spacial score (nSPS) is 18.6. The van der Waals surface area contributed by atoms with Gasteiger partial charge in [-0.25, -0.2) is 4.39 Å². The number of amides is 1. The van der Waals surface area contributed by atoms with E-state index in [1.807, 2.05) is 0 Å². The monoisotopic (exact) mass is 267 g/mol. The molecule has 1 aliphatic heterocycles. The van der Waals surface area contributed by atoms with E-state index in [-0.39, 0.29) is 23.7 Å². The standard InChI is InChI=1S/C13H14FNO4/c14-11-6-9(16)1-2-10(11)13(19)15-4-3-8(7-15)5-12(17)18/h1-2,6,8,16H,3-5,7H2,(H,17,18). The number of aliphatic carboxylic acids is 1. The van der Waals surface area contributed by atoms with E-state index in [0.29, 0.717) is 19.5 Å². The van der Waals surface area contributed by atoms with Crippen LogP contribution in [0.15, 0.2) is 18.2 Å². The molecule has 5 nitrogen and oxygen atoms in total. The molecule has 0 aliphatic carbocycles. The van der Waals surface area contributed by atoms with Crippen molar-refractivity contribution >= 4 is 11.9 Å². The van der Waals surface area contributed by atoms with Crippen LogP contribution in [0.4, 0.5) is 4.39 Å². The Morgan fingerprint density at radius 2 is 2.16 bits per heavy atom. The maximum absolute atomic E-state index is 13.6. The molecule has 1 aromatic rings. The molecule has 0 aromatic heterocycles. The average molecular weight is 267 g/mol. The lowest BCUT2D eigenvalue weighted by Crippen LogP contribution is -2.29. The predicted molar refractivity (Wildman–Crippen MR) is 64.3 cm³/mol. The SMILES string of the molecule is O=C(O)CC1CCN(C(=O)c2ccc(O)cc2F)C1. The third-order valence-electron chi connectivity index (χ3n) is 3.22. The van der Waals surface area contributed by atoms with Gasteiger partial charge in [-0.05, 0) is 24.5 Å². The number of nitrogens with zero attached hydrogens (tertiary/aromatic N) is 1. The van der Waals surface area contributed by atoms with Crippen molar-refractivity contribution in [2.24, 2.45) is 5.92 Å². The molecule has 0 saturated carbocycles. The largest absolute Gasteiger partial charge is 0.508 e. The molecule has 0 radical (unpaired) electrons. The second kappa shape index (κ2) is 5.26. The van der Waals surface area contributed by atoms with Gasteiger partial charge in [-0.3, -0.25) is 9.59 Å². The van der Waals surface area contributed by atoms with Crippen molar-refractivity contribution in [1.29, 1.82) is 0 Å². The Kier molecular flexibility index (Phi) is 3.69. The minimum Gasteiger partial charge on any atom is -0.508 e. The van der Waals surface area contributed by atoms with Crippen LogP contribution < -0.4 is 0 Å². The second-order valence-electron chi connectivity index (χ2n) is 4.67. The molecule has 19 heavy (non-hydrogen) atoms. The summed E-state index contributed by atoms with van der Waals surface area (Å²) in [5.41, 5.74) is -0.103. The summed E-state index contributed by atoms with van der Waals surface area (Å²) < 4.78 is 13.6. The number of carboxylic acid groups (broad SMARTS) is 1. The summed E-state index contributed by atoms with van der Waals surface area (Å²) in [6.07, 6.45) is 0.625. The molecule has 1 aliphatic rings. The minimum absolute atomic E-state index is 0.0157. The summed E-state index contributed by atoms with van der Waals surface area (Å²) >= 11 is 0. The van der Waals surface area contributed by atoms with Crippen LogP contribution >= 0.6 is 0 Å². The Hall–Kier alpha value is -2.11. The lowest BCUT2D eigenvalue weighted by molar-refractivity contribution is -0.138. The van der Waals surface area contributed by atoms with Crippen molar-refractivity contribution in [3.05, 3.63) is 29.6 Å². The van der Waals surface area contributed by atoms with Crippen LogP contribution in [0.3, 0.4) is 0 Å². The molecule has 6 heteroatoms. The number of benzene rings is 1. The van der Waals surface area contributed by atoms with Crippen LogP contribution in [0.5, 0.6) is 5.75 Å². The fourth-order valence-corrected chi connectivity index (χ4v) is 2.28. The number of carbonyl (C=O) groups is 2. The van der Waals surface area contributed by atoms with Gasteiger partial charge in [0.1, 0.15) is 11.6 Å². The molecule has 1 fully saturated rings. The molecule has 1 amide bonds. The van der Waals surface area contributed by atoms with E-state index in [0.717, 1.165) is 6.07 Å². The van der Waals surface area contributed by atoms with E-state index in [1.54, 1.807) is 0 Å². The Labute approximate surface area is 109 Å². The number of hydrogen-bond donors (Lipinski definition) is 2. The van der Waals surface area contributed by atoms with Crippen LogP contribution in [-0.4, -0.2) is 40.1 Å². The molecule has 0 bridgehead atoms. The summed E-state index contributed by atoms with van der Waals surface area (Å²) in [6, 6.07) is 3.37. The number of halogens is 1. The summed E-state index contributed by atoms with van der Waals surface area (Å²) in [5, 5.41) is 17.8. The highest BCUT2D eigenvalue weighted by Crippen LogP contribution is 2.23. The summed E-state index contributed by atoms with van der Waals surface area (Å²) in [6.45, 7) is 0.753. The summed E-state index contributed by atoms with van der Waals surface area (Å²) in [4.78, 5) is 24.1. The molecular weight excluding hydrogens is 253 g/mol. The number of carbonyl (C=O) groups excluding carboxylic acids is 1. The van der Waals surface area contributed by atoms with Crippen molar-refractivity contribution in [3.63, 3.8) is 0 Å². The van der Waals surface area contributed by atoms with E-state index < -0.39 is 17.7 Å². The molecule has 1 unspecified atom stereocenters. The van der Waals surface area contributed by atoms with Crippen LogP contribution in [-0.2, 0) is 4.79 Å². The van der Waals surface area contributed by atoms with Crippen LogP contribution in [0, 0.1) is 11.7 Å². The average Bonchev–Trinajstić information content (AvgIpc) is 2.75. The van der Waals surface area contributed by atoms with Crippen LogP contribution in [0.25, 0.3) is 0 Å². The molecule has 0 spiro atoms. The second-order valence-corrected chi connectivity index (χ2v) is 4.67. The molecule has 2 N–H and O–H groups in total. The lowest BCUT2D eigenvalue weighted by Gasteiger charge is -2.16. The maximum atomic E-state index is 13.6. The number of hydrogen-bond acceptors (Lipinski definition) is 3. The van der Waals surface area contributed by atoms with Crippen molar-refractivity contribution in [2.75, 3.05) is 13.1 Å². The molecular formula is C13H14FNO4. The van der Waals surface area contributed by atoms with E-state index in [4.69, 9.17) is 10.2 Å². The maximum Gasteiger partial charge on any atom is 0.303 e. The Morgan fingerprint density at radius 1 is 1.42 bits per heavy atom. The van der Waals surface area contributed by atoms with Gasteiger partial charge in [-0.1, -0.05) is 0 Å². The van der Waals surface area contributed by atoms with Gasteiger partial charge in [0, 0.05) is 25.6 Å². The molecule has 1 aromatic carbocycles. The van der Waals surface area contributed by atoms with E-state index in [1.165, 1.54) is 17.0 Å². The Bertz CT molecular complexity index is 517. The quantitative estimate of drug-likeness (QED) is 0.869. The van der Waals surface area contributed by atoms with Crippen molar-refractivity contribution in [3.8, 4) is 5.75 Å². The van der Waals surface area contributed by atoms with E-state index in [9.17, 15) is 14.0 Å². The first-order valence-corrected chi connectivity index (χ1v) is 5.97. The zero-order chi connectivity index (χ0) is 14.0. The molecule has 1 atom stereocenters. The van der Waals surface area contributed by atoms with Crippen LogP contribution in [0.1, 0.15) is 23.2 Å². The molecule has 102 valence electrons. The highest BCUT2D eigenvalue weighted by Gasteiger charge is 2.29. The van der Waals surface area contributed by atoms with Gasteiger partial charge in [0.2, 0.25) is 0 Å². The zero-order valence-electron chi connectivity index (χ0n) is 10.2. The van der Waals surface area contributed by atoms with Gasteiger partial charge in [-0.2, -0.15) is 0 Å². The first-order chi connectivity index (χ1) is 8.97. The number of aromatic hydroxyl groups is 1. The topological polar surface area (TPSA) is 77.8 Å². The molecule has 2 rings (SSSR count). The number of carboxylic acids is 1. The number of rotatable bonds is 3. The van der Waals surface area contributed by atoms with Gasteiger partial charge in [0.15, 0.2) is 0 Å².